The first kappa shape index (κ1) is 21.0. The van der Waals surface area contributed by atoms with Crippen molar-refractivity contribution < 1.29 is 9.47 Å². The number of benzene rings is 1. The van der Waals surface area contributed by atoms with Crippen molar-refractivity contribution in [2.45, 2.75) is 32.9 Å². The molecular formula is C16H28IN3O2. The third-order valence-electron chi connectivity index (χ3n) is 2.85. The first-order valence-electron chi connectivity index (χ1n) is 7.37. The number of rotatable bonds is 8. The normalized spacial score (nSPS) is 12.3. The van der Waals surface area contributed by atoms with Gasteiger partial charge in [-0.05, 0) is 31.0 Å². The lowest BCUT2D eigenvalue weighted by molar-refractivity contribution is 0.179. The highest BCUT2D eigenvalue weighted by molar-refractivity contribution is 14.0. The molecule has 1 rings (SSSR count). The van der Waals surface area contributed by atoms with Gasteiger partial charge in [0.1, 0.15) is 5.75 Å². The molecule has 1 aromatic carbocycles. The van der Waals surface area contributed by atoms with Crippen molar-refractivity contribution in [3.05, 3.63) is 29.8 Å². The largest absolute Gasteiger partial charge is 0.494 e. The van der Waals surface area contributed by atoms with E-state index in [-0.39, 0.29) is 30.0 Å². The molecule has 126 valence electrons. The van der Waals surface area contributed by atoms with Gasteiger partial charge in [0.25, 0.3) is 0 Å². The molecule has 0 aliphatic carbocycles. The maximum absolute atomic E-state index is 5.64. The van der Waals surface area contributed by atoms with Crippen LogP contribution < -0.4 is 15.4 Å². The standard InChI is InChI=1S/C16H27N3O2.HI/c1-5-9-21-15-8-6-7-14(10-15)11-18-16(17-3)19-13(2)12-20-4;/h6-8,10,13H,5,9,11-12H2,1-4H3,(H2,17,18,19);1H. The predicted octanol–water partition coefficient (Wildman–Crippen LogP) is 2.79. The molecule has 2 N–H and O–H groups in total. The van der Waals surface area contributed by atoms with Crippen LogP contribution in [-0.2, 0) is 11.3 Å². The lowest BCUT2D eigenvalue weighted by atomic mass is 10.2. The van der Waals surface area contributed by atoms with Gasteiger partial charge in [-0.3, -0.25) is 4.99 Å². The Hall–Kier alpha value is -1.02. The molecular weight excluding hydrogens is 393 g/mol. The van der Waals surface area contributed by atoms with E-state index in [0.29, 0.717) is 13.2 Å². The van der Waals surface area contributed by atoms with Gasteiger partial charge in [0.2, 0.25) is 0 Å². The third-order valence-corrected chi connectivity index (χ3v) is 2.85. The van der Waals surface area contributed by atoms with Crippen LogP contribution in [0.4, 0.5) is 0 Å². The van der Waals surface area contributed by atoms with Crippen LogP contribution in [-0.4, -0.2) is 39.4 Å². The summed E-state index contributed by atoms with van der Waals surface area (Å²) < 4.78 is 10.7. The number of guanidine groups is 1. The zero-order valence-corrected chi connectivity index (χ0v) is 16.2. The Balaban J connectivity index is 0.00000441. The molecule has 22 heavy (non-hydrogen) atoms. The molecule has 6 heteroatoms. The second kappa shape index (κ2) is 12.5. The molecule has 0 aromatic heterocycles. The van der Waals surface area contributed by atoms with Crippen LogP contribution in [0, 0.1) is 0 Å². The second-order valence-electron chi connectivity index (χ2n) is 4.92. The van der Waals surface area contributed by atoms with E-state index in [4.69, 9.17) is 9.47 Å². The number of hydrogen-bond acceptors (Lipinski definition) is 3. The van der Waals surface area contributed by atoms with E-state index < -0.39 is 0 Å². The zero-order valence-electron chi connectivity index (χ0n) is 13.9. The molecule has 0 fully saturated rings. The van der Waals surface area contributed by atoms with Gasteiger partial charge < -0.3 is 20.1 Å². The summed E-state index contributed by atoms with van der Waals surface area (Å²) >= 11 is 0. The molecule has 0 saturated carbocycles. The number of aliphatic imine (C=N–C) groups is 1. The maximum atomic E-state index is 5.64. The Labute approximate surface area is 150 Å². The molecule has 1 unspecified atom stereocenters. The van der Waals surface area contributed by atoms with Gasteiger partial charge in [-0.15, -0.1) is 24.0 Å². The SMILES string of the molecule is CCCOc1cccc(CNC(=NC)NC(C)COC)c1.I. The number of hydrogen-bond donors (Lipinski definition) is 2. The first-order valence-corrected chi connectivity index (χ1v) is 7.37. The molecule has 0 aliphatic heterocycles. The Morgan fingerprint density at radius 2 is 2.14 bits per heavy atom. The maximum Gasteiger partial charge on any atom is 0.191 e. The van der Waals surface area contributed by atoms with E-state index in [1.54, 1.807) is 14.2 Å². The van der Waals surface area contributed by atoms with Crippen molar-refractivity contribution in [2.24, 2.45) is 4.99 Å². The fourth-order valence-corrected chi connectivity index (χ4v) is 1.87. The van der Waals surface area contributed by atoms with Gasteiger partial charge >= 0.3 is 0 Å². The van der Waals surface area contributed by atoms with Crippen LogP contribution in [0.5, 0.6) is 5.75 Å². The van der Waals surface area contributed by atoms with E-state index in [9.17, 15) is 0 Å². The lowest BCUT2D eigenvalue weighted by Gasteiger charge is -2.17. The van der Waals surface area contributed by atoms with Gasteiger partial charge in [-0.25, -0.2) is 0 Å². The molecule has 1 aromatic rings. The van der Waals surface area contributed by atoms with Crippen LogP contribution >= 0.6 is 24.0 Å². The minimum absolute atomic E-state index is 0. The molecule has 0 amide bonds. The summed E-state index contributed by atoms with van der Waals surface area (Å²) in [6.07, 6.45) is 1.01. The highest BCUT2D eigenvalue weighted by Crippen LogP contribution is 2.13. The quantitative estimate of drug-likeness (QED) is 0.385. The topological polar surface area (TPSA) is 54.9 Å². The molecule has 0 saturated heterocycles. The van der Waals surface area contributed by atoms with E-state index in [0.717, 1.165) is 30.3 Å². The second-order valence-corrected chi connectivity index (χ2v) is 4.92. The molecule has 0 spiro atoms. The van der Waals surface area contributed by atoms with E-state index in [1.807, 2.05) is 12.1 Å². The van der Waals surface area contributed by atoms with Crippen molar-refractivity contribution in [3.8, 4) is 5.75 Å². The number of ether oxygens (including phenoxy) is 2. The number of nitrogens with zero attached hydrogens (tertiary/aromatic N) is 1. The van der Waals surface area contributed by atoms with E-state index >= 15 is 0 Å². The minimum Gasteiger partial charge on any atom is -0.494 e. The van der Waals surface area contributed by atoms with Crippen LogP contribution in [0.25, 0.3) is 0 Å². The summed E-state index contributed by atoms with van der Waals surface area (Å²) in [6, 6.07) is 8.31. The highest BCUT2D eigenvalue weighted by Gasteiger charge is 2.04. The molecule has 1 atom stereocenters. The van der Waals surface area contributed by atoms with E-state index in [2.05, 4.69) is 41.6 Å². The van der Waals surface area contributed by atoms with Crippen molar-refractivity contribution in [1.29, 1.82) is 0 Å². The fraction of sp³-hybridized carbons (Fsp3) is 0.562. The van der Waals surface area contributed by atoms with Crippen LogP contribution in [0.2, 0.25) is 0 Å². The van der Waals surface area contributed by atoms with Gasteiger partial charge in [0.05, 0.1) is 13.2 Å². The molecule has 0 bridgehead atoms. The summed E-state index contributed by atoms with van der Waals surface area (Å²) in [5.41, 5.74) is 1.16. The smallest absolute Gasteiger partial charge is 0.191 e. The average molecular weight is 421 g/mol. The van der Waals surface area contributed by atoms with Crippen molar-refractivity contribution in [2.75, 3.05) is 27.4 Å². The molecule has 0 aliphatic rings. The average Bonchev–Trinajstić information content (AvgIpc) is 2.50. The van der Waals surface area contributed by atoms with Crippen LogP contribution in [0.3, 0.4) is 0 Å². The number of halogens is 1. The summed E-state index contributed by atoms with van der Waals surface area (Å²) in [4.78, 5) is 4.20. The number of nitrogens with one attached hydrogen (secondary N) is 2. The summed E-state index contributed by atoms with van der Waals surface area (Å²) in [5, 5.41) is 6.56. The predicted molar refractivity (Wildman–Crippen MR) is 102 cm³/mol. The van der Waals surface area contributed by atoms with Crippen molar-refractivity contribution in [3.63, 3.8) is 0 Å². The first-order chi connectivity index (χ1) is 10.2. The van der Waals surface area contributed by atoms with Gasteiger partial charge in [0, 0.05) is 26.7 Å². The molecule has 0 heterocycles. The summed E-state index contributed by atoms with van der Waals surface area (Å²) in [6.45, 7) is 6.23. The summed E-state index contributed by atoms with van der Waals surface area (Å²) in [5.74, 6) is 1.67. The monoisotopic (exact) mass is 421 g/mol. The van der Waals surface area contributed by atoms with Crippen LogP contribution in [0.15, 0.2) is 29.3 Å². The Bertz CT molecular complexity index is 441. The Morgan fingerprint density at radius 1 is 1.36 bits per heavy atom. The van der Waals surface area contributed by atoms with E-state index in [1.165, 1.54) is 0 Å². The number of methoxy groups -OCH3 is 1. The highest BCUT2D eigenvalue weighted by atomic mass is 127. The van der Waals surface area contributed by atoms with Gasteiger partial charge in [0.15, 0.2) is 5.96 Å². The van der Waals surface area contributed by atoms with Crippen molar-refractivity contribution in [1.82, 2.24) is 10.6 Å². The van der Waals surface area contributed by atoms with Crippen molar-refractivity contribution >= 4 is 29.9 Å². The third kappa shape index (κ3) is 8.43. The zero-order chi connectivity index (χ0) is 15.5. The molecule has 0 radical (unpaired) electrons. The lowest BCUT2D eigenvalue weighted by Crippen LogP contribution is -2.43. The minimum atomic E-state index is 0. The molecule has 5 nitrogen and oxygen atoms in total. The van der Waals surface area contributed by atoms with Gasteiger partial charge in [-0.2, -0.15) is 0 Å². The van der Waals surface area contributed by atoms with Gasteiger partial charge in [-0.1, -0.05) is 19.1 Å². The summed E-state index contributed by atoms with van der Waals surface area (Å²) in [7, 11) is 3.45. The Kier molecular flexibility index (Phi) is 11.9. The Morgan fingerprint density at radius 3 is 2.77 bits per heavy atom. The van der Waals surface area contributed by atoms with Crippen LogP contribution in [0.1, 0.15) is 25.8 Å². The fourth-order valence-electron chi connectivity index (χ4n) is 1.87.